The summed E-state index contributed by atoms with van der Waals surface area (Å²) in [6.45, 7) is 7.79. The van der Waals surface area contributed by atoms with E-state index in [1.165, 1.54) is 9.75 Å². The maximum absolute atomic E-state index is 6.13. The van der Waals surface area contributed by atoms with E-state index in [1.807, 2.05) is 29.5 Å². The number of benzene rings is 1. The first kappa shape index (κ1) is 17.0. The second-order valence-corrected chi connectivity index (χ2v) is 7.91. The Morgan fingerprint density at radius 3 is 2.67 bits per heavy atom. The highest BCUT2D eigenvalue weighted by atomic mass is 79.9. The molecule has 0 saturated carbocycles. The summed E-state index contributed by atoms with van der Waals surface area (Å²) >= 11 is 11.6. The third kappa shape index (κ3) is 4.32. The first-order valence-electron chi connectivity index (χ1n) is 7.31. The van der Waals surface area contributed by atoms with Crippen molar-refractivity contribution in [3.63, 3.8) is 0 Å². The molecule has 0 aliphatic heterocycles. The molecule has 0 aliphatic carbocycles. The number of nitrogens with one attached hydrogen (secondary N) is 1. The minimum atomic E-state index is 0.418. The van der Waals surface area contributed by atoms with Crippen LogP contribution in [-0.2, 0) is 0 Å². The van der Waals surface area contributed by atoms with Gasteiger partial charge >= 0.3 is 0 Å². The van der Waals surface area contributed by atoms with Gasteiger partial charge in [-0.25, -0.2) is 0 Å². The third-order valence-corrected chi connectivity index (χ3v) is 5.54. The van der Waals surface area contributed by atoms with Gasteiger partial charge in [-0.3, -0.25) is 0 Å². The Morgan fingerprint density at radius 1 is 1.24 bits per heavy atom. The zero-order valence-corrected chi connectivity index (χ0v) is 15.8. The molecule has 0 bridgehead atoms. The summed E-state index contributed by atoms with van der Waals surface area (Å²) in [7, 11) is 0. The summed E-state index contributed by atoms with van der Waals surface area (Å²) in [6, 6.07) is 10.8. The maximum Gasteiger partial charge on any atom is 0.0438 e. The van der Waals surface area contributed by atoms with Gasteiger partial charge in [0.05, 0.1) is 0 Å². The molecule has 1 atom stereocenters. The van der Waals surface area contributed by atoms with Gasteiger partial charge in [0.25, 0.3) is 0 Å². The summed E-state index contributed by atoms with van der Waals surface area (Å²) in [5.74, 6) is 0.575. The zero-order valence-electron chi connectivity index (χ0n) is 12.6. The maximum atomic E-state index is 6.13. The minimum absolute atomic E-state index is 0.418. The van der Waals surface area contributed by atoms with Crippen LogP contribution in [0.5, 0.6) is 0 Å². The number of hydrogen-bond donors (Lipinski definition) is 1. The number of thiophene rings is 1. The molecule has 0 saturated heterocycles. The predicted molar refractivity (Wildman–Crippen MR) is 98.3 cm³/mol. The number of hydrogen-bond acceptors (Lipinski definition) is 2. The summed E-state index contributed by atoms with van der Waals surface area (Å²) < 4.78 is 1.09. The summed E-state index contributed by atoms with van der Waals surface area (Å²) in [4.78, 5) is 2.64. The van der Waals surface area contributed by atoms with Crippen LogP contribution in [0.3, 0.4) is 0 Å². The van der Waals surface area contributed by atoms with Crippen LogP contribution in [0, 0.1) is 5.92 Å². The van der Waals surface area contributed by atoms with E-state index in [2.05, 4.69) is 54.2 Å². The molecule has 1 nitrogen and oxygen atoms in total. The first-order chi connectivity index (χ1) is 10.0. The van der Waals surface area contributed by atoms with Crippen molar-refractivity contribution in [2.24, 2.45) is 5.92 Å². The van der Waals surface area contributed by atoms with Crippen molar-refractivity contribution in [2.75, 3.05) is 6.54 Å². The van der Waals surface area contributed by atoms with Crippen LogP contribution >= 0.6 is 38.9 Å². The molecule has 1 N–H and O–H groups in total. The van der Waals surface area contributed by atoms with Gasteiger partial charge in [0.2, 0.25) is 0 Å². The molecule has 1 unspecified atom stereocenters. The average molecular weight is 387 g/mol. The van der Waals surface area contributed by atoms with Crippen LogP contribution < -0.4 is 5.32 Å². The van der Waals surface area contributed by atoms with Crippen molar-refractivity contribution in [1.82, 2.24) is 5.32 Å². The quantitative estimate of drug-likeness (QED) is 0.595. The topological polar surface area (TPSA) is 12.0 Å². The lowest BCUT2D eigenvalue weighted by Gasteiger charge is -2.21. The fraction of sp³-hybridized carbons (Fsp3) is 0.412. The van der Waals surface area contributed by atoms with Gasteiger partial charge in [-0.05, 0) is 49.2 Å². The Balaban J connectivity index is 2.29. The van der Waals surface area contributed by atoms with Crippen molar-refractivity contribution >= 4 is 38.9 Å². The van der Waals surface area contributed by atoms with E-state index in [0.29, 0.717) is 12.0 Å². The van der Waals surface area contributed by atoms with Crippen LogP contribution in [0.2, 0.25) is 5.02 Å². The van der Waals surface area contributed by atoms with Gasteiger partial charge in [-0.15, -0.1) is 11.3 Å². The lowest BCUT2D eigenvalue weighted by molar-refractivity contribution is 0.418. The predicted octanol–water partition coefficient (Wildman–Crippen LogP) is 6.53. The Kier molecular flexibility index (Phi) is 6.30. The molecule has 2 aromatic rings. The fourth-order valence-corrected chi connectivity index (χ4v) is 4.37. The highest BCUT2D eigenvalue weighted by Crippen LogP contribution is 2.38. The van der Waals surface area contributed by atoms with E-state index in [9.17, 15) is 0 Å². The number of rotatable bonds is 6. The Hall–Kier alpha value is -0.350. The van der Waals surface area contributed by atoms with Gasteiger partial charge < -0.3 is 5.32 Å². The summed E-state index contributed by atoms with van der Waals surface area (Å²) in [5.41, 5.74) is 1.16. The van der Waals surface area contributed by atoms with Gasteiger partial charge in [-0.2, -0.15) is 0 Å². The lowest BCUT2D eigenvalue weighted by Crippen LogP contribution is -2.25. The van der Waals surface area contributed by atoms with E-state index in [1.54, 1.807) is 0 Å². The molecular formula is C17H21BrClNS. The van der Waals surface area contributed by atoms with Gasteiger partial charge in [-0.1, -0.05) is 48.3 Å². The zero-order chi connectivity index (χ0) is 15.4. The van der Waals surface area contributed by atoms with Crippen molar-refractivity contribution in [3.8, 4) is 10.4 Å². The molecular weight excluding hydrogens is 366 g/mol. The fourth-order valence-electron chi connectivity index (χ4n) is 2.32. The minimum Gasteiger partial charge on any atom is -0.309 e. The van der Waals surface area contributed by atoms with Crippen molar-refractivity contribution in [2.45, 2.75) is 33.2 Å². The molecule has 0 aliphatic rings. The third-order valence-electron chi connectivity index (χ3n) is 3.41. The number of halogens is 2. The smallest absolute Gasteiger partial charge is 0.0438 e. The molecule has 21 heavy (non-hydrogen) atoms. The van der Waals surface area contributed by atoms with E-state index < -0.39 is 0 Å². The van der Waals surface area contributed by atoms with E-state index in [4.69, 9.17) is 11.6 Å². The second kappa shape index (κ2) is 7.77. The van der Waals surface area contributed by atoms with Crippen LogP contribution in [0.1, 0.15) is 38.1 Å². The largest absolute Gasteiger partial charge is 0.309 e. The molecule has 4 heteroatoms. The van der Waals surface area contributed by atoms with Crippen molar-refractivity contribution in [1.29, 1.82) is 0 Å². The van der Waals surface area contributed by atoms with Crippen molar-refractivity contribution in [3.05, 3.63) is 44.7 Å². The van der Waals surface area contributed by atoms with Crippen LogP contribution in [-0.4, -0.2) is 6.54 Å². The lowest BCUT2D eigenvalue weighted by atomic mass is 10.0. The summed E-state index contributed by atoms with van der Waals surface area (Å²) in [5, 5.41) is 4.42. The average Bonchev–Trinajstić information content (AvgIpc) is 2.91. The van der Waals surface area contributed by atoms with Gasteiger partial charge in [0, 0.05) is 30.9 Å². The van der Waals surface area contributed by atoms with Crippen LogP contribution in [0.25, 0.3) is 10.4 Å². The molecule has 0 spiro atoms. The second-order valence-electron chi connectivity index (χ2n) is 5.50. The first-order valence-corrected chi connectivity index (χ1v) is 9.30. The Morgan fingerprint density at radius 2 is 2.00 bits per heavy atom. The Bertz CT molecular complexity index is 594. The standard InChI is InChI=1S/C17H21BrClNS/c1-4-9-20-17(11(2)3)16-8-7-15(21-16)13-10-12(19)5-6-14(13)18/h5-8,10-11,17,20H,4,9H2,1-3H3. The van der Waals surface area contributed by atoms with Crippen molar-refractivity contribution < 1.29 is 0 Å². The summed E-state index contributed by atoms with van der Waals surface area (Å²) in [6.07, 6.45) is 1.15. The van der Waals surface area contributed by atoms with E-state index >= 15 is 0 Å². The highest BCUT2D eigenvalue weighted by Gasteiger charge is 2.18. The molecule has 1 aromatic heterocycles. The van der Waals surface area contributed by atoms with E-state index in [-0.39, 0.29) is 0 Å². The molecule has 114 valence electrons. The normalized spacial score (nSPS) is 12.9. The van der Waals surface area contributed by atoms with Crippen LogP contribution in [0.4, 0.5) is 0 Å². The van der Waals surface area contributed by atoms with Gasteiger partial charge in [0.15, 0.2) is 0 Å². The van der Waals surface area contributed by atoms with E-state index in [0.717, 1.165) is 28.0 Å². The Labute approximate surface area is 144 Å². The molecule has 1 heterocycles. The van der Waals surface area contributed by atoms with Crippen LogP contribution in [0.15, 0.2) is 34.8 Å². The molecule has 2 rings (SSSR count). The molecule has 0 amide bonds. The highest BCUT2D eigenvalue weighted by molar-refractivity contribution is 9.10. The molecule has 0 fully saturated rings. The monoisotopic (exact) mass is 385 g/mol. The molecule has 0 radical (unpaired) electrons. The molecule has 1 aromatic carbocycles. The van der Waals surface area contributed by atoms with Gasteiger partial charge in [0.1, 0.15) is 0 Å². The SMILES string of the molecule is CCCNC(c1ccc(-c2cc(Cl)ccc2Br)s1)C(C)C.